The van der Waals surface area contributed by atoms with Crippen molar-refractivity contribution in [2.45, 2.75) is 26.8 Å². The Labute approximate surface area is 103 Å². The maximum Gasteiger partial charge on any atom is 0.191 e. The molecule has 0 aliphatic carbocycles. The van der Waals surface area contributed by atoms with Crippen LogP contribution < -0.4 is 0 Å². The quantitative estimate of drug-likeness (QED) is 0.747. The van der Waals surface area contributed by atoms with Gasteiger partial charge in [-0.05, 0) is 5.92 Å². The molecular formula is C10H13N5OS. The second-order valence-corrected chi connectivity index (χ2v) is 4.70. The van der Waals surface area contributed by atoms with Gasteiger partial charge in [-0.3, -0.25) is 4.79 Å². The van der Waals surface area contributed by atoms with Crippen LogP contribution in [0.5, 0.6) is 0 Å². The molecule has 0 bridgehead atoms. The molecule has 0 aliphatic heterocycles. The molecule has 0 atom stereocenters. The summed E-state index contributed by atoms with van der Waals surface area (Å²) >= 11 is 1.03. The van der Waals surface area contributed by atoms with E-state index in [4.69, 9.17) is 0 Å². The summed E-state index contributed by atoms with van der Waals surface area (Å²) in [4.78, 5) is 15.9. The van der Waals surface area contributed by atoms with E-state index in [1.807, 2.05) is 0 Å². The average molecular weight is 251 g/mol. The highest BCUT2D eigenvalue weighted by Crippen LogP contribution is 2.06. The predicted molar refractivity (Wildman–Crippen MR) is 62.8 cm³/mol. The van der Waals surface area contributed by atoms with E-state index in [0.29, 0.717) is 17.4 Å². The van der Waals surface area contributed by atoms with Crippen LogP contribution in [-0.4, -0.2) is 29.3 Å². The summed E-state index contributed by atoms with van der Waals surface area (Å²) in [5.74, 6) is 1.07. The molecule has 0 aromatic carbocycles. The van der Waals surface area contributed by atoms with Gasteiger partial charge in [0.1, 0.15) is 17.8 Å². The largest absolute Gasteiger partial charge is 0.292 e. The van der Waals surface area contributed by atoms with Gasteiger partial charge in [-0.1, -0.05) is 13.8 Å². The molecule has 0 amide bonds. The second kappa shape index (κ2) is 5.13. The van der Waals surface area contributed by atoms with E-state index in [1.54, 1.807) is 4.68 Å². The minimum absolute atomic E-state index is 0.0724. The fraction of sp³-hybridized carbons (Fsp3) is 0.500. The lowest BCUT2D eigenvalue weighted by atomic mass is 10.2. The van der Waals surface area contributed by atoms with Gasteiger partial charge < -0.3 is 0 Å². The van der Waals surface area contributed by atoms with Gasteiger partial charge in [0, 0.05) is 6.54 Å². The van der Waals surface area contributed by atoms with Crippen LogP contribution in [0, 0.1) is 5.92 Å². The van der Waals surface area contributed by atoms with Crippen molar-refractivity contribution >= 4 is 17.5 Å². The van der Waals surface area contributed by atoms with Crippen molar-refractivity contribution in [2.75, 3.05) is 0 Å². The highest BCUT2D eigenvalue weighted by Gasteiger charge is 2.14. The van der Waals surface area contributed by atoms with E-state index >= 15 is 0 Å². The molecule has 0 saturated carbocycles. The third-order valence-corrected chi connectivity index (χ3v) is 2.68. The number of Topliss-reactive ketones (excluding diaryl/α,β-unsaturated/α-hetero) is 1. The van der Waals surface area contributed by atoms with E-state index in [-0.39, 0.29) is 12.2 Å². The molecule has 17 heavy (non-hydrogen) atoms. The molecule has 0 N–H and O–H groups in total. The molecule has 0 saturated heterocycles. The number of nitrogens with zero attached hydrogens (tertiary/aromatic N) is 5. The second-order valence-electron chi connectivity index (χ2n) is 4.14. The Morgan fingerprint density at radius 1 is 1.53 bits per heavy atom. The highest BCUT2D eigenvalue weighted by molar-refractivity contribution is 6.99. The Kier molecular flexibility index (Phi) is 3.58. The molecule has 6 nitrogen and oxygen atoms in total. The van der Waals surface area contributed by atoms with Gasteiger partial charge in [0.15, 0.2) is 5.78 Å². The van der Waals surface area contributed by atoms with Gasteiger partial charge >= 0.3 is 0 Å². The van der Waals surface area contributed by atoms with Crippen molar-refractivity contribution in [1.82, 2.24) is 23.5 Å². The molecule has 0 unspecified atom stereocenters. The van der Waals surface area contributed by atoms with Crippen LogP contribution in [0.4, 0.5) is 0 Å². The van der Waals surface area contributed by atoms with Gasteiger partial charge in [-0.15, -0.1) is 0 Å². The van der Waals surface area contributed by atoms with Crippen molar-refractivity contribution in [1.29, 1.82) is 0 Å². The van der Waals surface area contributed by atoms with Gasteiger partial charge in [0.05, 0.1) is 24.3 Å². The normalized spacial score (nSPS) is 11.0. The Hall–Kier alpha value is -1.63. The first-order valence-electron chi connectivity index (χ1n) is 5.34. The molecule has 90 valence electrons. The van der Waals surface area contributed by atoms with Crippen molar-refractivity contribution in [3.8, 4) is 0 Å². The van der Waals surface area contributed by atoms with Crippen LogP contribution in [0.25, 0.3) is 0 Å². The summed E-state index contributed by atoms with van der Waals surface area (Å²) in [6.45, 7) is 4.95. The molecule has 0 fully saturated rings. The lowest BCUT2D eigenvalue weighted by molar-refractivity contribution is 0.0985. The van der Waals surface area contributed by atoms with E-state index in [1.165, 1.54) is 12.5 Å². The Morgan fingerprint density at radius 3 is 3.00 bits per heavy atom. The SMILES string of the molecule is CC(C)Cn1ncnc1CC(=O)c1cnsn1. The number of hydrogen-bond acceptors (Lipinski definition) is 6. The van der Waals surface area contributed by atoms with E-state index in [9.17, 15) is 4.79 Å². The van der Waals surface area contributed by atoms with E-state index in [2.05, 4.69) is 32.7 Å². The number of hydrogen-bond donors (Lipinski definition) is 0. The van der Waals surface area contributed by atoms with Gasteiger partial charge in [0.2, 0.25) is 0 Å². The topological polar surface area (TPSA) is 73.6 Å². The zero-order valence-corrected chi connectivity index (χ0v) is 10.5. The fourth-order valence-corrected chi connectivity index (χ4v) is 1.88. The molecule has 2 rings (SSSR count). The molecule has 0 aliphatic rings. The van der Waals surface area contributed by atoms with Gasteiger partial charge in [0.25, 0.3) is 0 Å². The standard InChI is InChI=1S/C10H13N5OS/c1-7(2)5-15-10(11-6-12-15)3-9(16)8-4-13-17-14-8/h4,6-7H,3,5H2,1-2H3. The van der Waals surface area contributed by atoms with Gasteiger partial charge in [-0.25, -0.2) is 9.67 Å². The smallest absolute Gasteiger partial charge is 0.191 e. The first kappa shape index (κ1) is 11.8. The molecular weight excluding hydrogens is 238 g/mol. The van der Waals surface area contributed by atoms with Gasteiger partial charge in [-0.2, -0.15) is 13.8 Å². The van der Waals surface area contributed by atoms with Crippen LogP contribution in [0.3, 0.4) is 0 Å². The van der Waals surface area contributed by atoms with Crippen LogP contribution >= 0.6 is 11.7 Å². The van der Waals surface area contributed by atoms with E-state index < -0.39 is 0 Å². The summed E-state index contributed by atoms with van der Waals surface area (Å²) in [6.07, 6.45) is 3.18. The molecule has 2 aromatic heterocycles. The predicted octanol–water partition coefficient (Wildman–Crippen LogP) is 1.21. The van der Waals surface area contributed by atoms with Crippen molar-refractivity contribution in [3.05, 3.63) is 24.0 Å². The molecule has 7 heteroatoms. The Bertz CT molecular complexity index is 491. The molecule has 0 spiro atoms. The number of aromatic nitrogens is 5. The molecule has 2 heterocycles. The lowest BCUT2D eigenvalue weighted by Crippen LogP contribution is -2.14. The summed E-state index contributed by atoms with van der Waals surface area (Å²) < 4.78 is 9.49. The average Bonchev–Trinajstić information content (AvgIpc) is 2.89. The summed E-state index contributed by atoms with van der Waals surface area (Å²) in [5, 5.41) is 4.11. The van der Waals surface area contributed by atoms with Crippen molar-refractivity contribution < 1.29 is 4.79 Å². The zero-order valence-electron chi connectivity index (χ0n) is 9.70. The van der Waals surface area contributed by atoms with Crippen LogP contribution in [0.15, 0.2) is 12.5 Å². The molecule has 0 radical (unpaired) electrons. The maximum absolute atomic E-state index is 11.8. The number of ketones is 1. The Balaban J connectivity index is 2.08. The van der Waals surface area contributed by atoms with Crippen LogP contribution in [-0.2, 0) is 13.0 Å². The zero-order chi connectivity index (χ0) is 12.3. The minimum atomic E-state index is -0.0724. The van der Waals surface area contributed by atoms with Crippen LogP contribution in [0.1, 0.15) is 30.2 Å². The van der Waals surface area contributed by atoms with Crippen LogP contribution in [0.2, 0.25) is 0 Å². The highest BCUT2D eigenvalue weighted by atomic mass is 32.1. The monoisotopic (exact) mass is 251 g/mol. The Morgan fingerprint density at radius 2 is 2.35 bits per heavy atom. The fourth-order valence-electron chi connectivity index (χ4n) is 1.45. The summed E-state index contributed by atoms with van der Waals surface area (Å²) in [7, 11) is 0. The third kappa shape index (κ3) is 2.94. The first-order valence-corrected chi connectivity index (χ1v) is 6.07. The minimum Gasteiger partial charge on any atom is -0.292 e. The van der Waals surface area contributed by atoms with Crippen molar-refractivity contribution in [3.63, 3.8) is 0 Å². The molecule has 2 aromatic rings. The lowest BCUT2D eigenvalue weighted by Gasteiger charge is -2.07. The summed E-state index contributed by atoms with van der Waals surface area (Å²) in [6, 6.07) is 0. The number of carbonyl (C=O) groups is 1. The summed E-state index contributed by atoms with van der Waals surface area (Å²) in [5.41, 5.74) is 0.397. The van der Waals surface area contributed by atoms with E-state index in [0.717, 1.165) is 18.3 Å². The third-order valence-electron chi connectivity index (χ3n) is 2.20. The van der Waals surface area contributed by atoms with Crippen molar-refractivity contribution in [2.24, 2.45) is 5.92 Å². The number of carbonyl (C=O) groups excluding carboxylic acids is 1. The first-order chi connectivity index (χ1) is 8.16. The number of rotatable bonds is 5. The maximum atomic E-state index is 11.8.